The molecule has 1 rings (SSSR count). The number of hydrogen-bond donors (Lipinski definition) is 1. The van der Waals surface area contributed by atoms with E-state index in [1.807, 2.05) is 0 Å². The maximum Gasteiger partial charge on any atom is 2.00 e. The maximum atomic E-state index is 10.2. The van der Waals surface area contributed by atoms with E-state index in [9.17, 15) is 4.79 Å². The van der Waals surface area contributed by atoms with Crippen LogP contribution in [0.4, 0.5) is 0 Å². The Labute approximate surface area is 73.1 Å². The van der Waals surface area contributed by atoms with Gasteiger partial charge in [-0.15, -0.1) is 0 Å². The predicted octanol–water partition coefficient (Wildman–Crippen LogP) is 1.49. The van der Waals surface area contributed by atoms with E-state index in [0.29, 0.717) is 5.56 Å². The Balaban J connectivity index is 0. The summed E-state index contributed by atoms with van der Waals surface area (Å²) in [7, 11) is 0. The molecular formula is C7H7O2Zn+3. The van der Waals surface area contributed by atoms with Gasteiger partial charge in [0.15, 0.2) is 0 Å². The summed E-state index contributed by atoms with van der Waals surface area (Å²) in [5.41, 5.74) is 0.331. The van der Waals surface area contributed by atoms with Crippen LogP contribution in [-0.4, -0.2) is 11.1 Å². The van der Waals surface area contributed by atoms with Gasteiger partial charge in [-0.05, 0) is 12.1 Å². The monoisotopic (exact) mass is 187 g/mol. The zero-order chi connectivity index (χ0) is 6.69. The fourth-order valence-electron chi connectivity index (χ4n) is 0.581. The Morgan fingerprint density at radius 1 is 1.30 bits per heavy atom. The van der Waals surface area contributed by atoms with Crippen molar-refractivity contribution in [1.82, 2.24) is 0 Å². The molecule has 1 aromatic rings. The summed E-state index contributed by atoms with van der Waals surface area (Å²) < 4.78 is 0. The van der Waals surface area contributed by atoms with E-state index in [4.69, 9.17) is 5.11 Å². The van der Waals surface area contributed by atoms with Crippen LogP contribution < -0.4 is 0 Å². The number of rotatable bonds is 1. The van der Waals surface area contributed by atoms with Crippen molar-refractivity contribution in [3.63, 3.8) is 0 Å². The fourth-order valence-corrected chi connectivity index (χ4v) is 0.581. The third-order valence-corrected chi connectivity index (χ3v) is 1.02. The number of hydrogen-bond acceptors (Lipinski definition) is 1. The molecule has 0 saturated carbocycles. The molecule has 0 aliphatic rings. The minimum atomic E-state index is -0.879. The van der Waals surface area contributed by atoms with Crippen LogP contribution in [0.1, 0.15) is 11.8 Å². The van der Waals surface area contributed by atoms with E-state index in [1.165, 1.54) is 0 Å². The zero-order valence-electron chi connectivity index (χ0n) is 6.45. The molecule has 0 bridgehead atoms. The molecule has 10 heavy (non-hydrogen) atoms. The molecule has 1 aromatic carbocycles. The van der Waals surface area contributed by atoms with E-state index in [0.717, 1.165) is 0 Å². The molecule has 0 atom stereocenters. The van der Waals surface area contributed by atoms with Gasteiger partial charge in [0, 0.05) is 0 Å². The summed E-state index contributed by atoms with van der Waals surface area (Å²) in [5.74, 6) is -0.879. The largest absolute Gasteiger partial charge is 2.00 e. The second-order valence-corrected chi connectivity index (χ2v) is 1.67. The zero-order valence-corrected chi connectivity index (χ0v) is 8.42. The second-order valence-electron chi connectivity index (χ2n) is 1.67. The molecule has 0 aliphatic heterocycles. The van der Waals surface area contributed by atoms with Crippen LogP contribution in [0.15, 0.2) is 30.3 Å². The SMILES string of the molecule is O=C(O)c1ccccc1.[H+].[Zn+2]. The first-order valence-corrected chi connectivity index (χ1v) is 2.59. The van der Waals surface area contributed by atoms with Gasteiger partial charge in [0.1, 0.15) is 0 Å². The molecule has 1 N–H and O–H groups in total. The average molecular weight is 189 g/mol. The van der Waals surface area contributed by atoms with Crippen LogP contribution in [0.2, 0.25) is 0 Å². The van der Waals surface area contributed by atoms with Crippen LogP contribution in [0, 0.1) is 0 Å². The van der Waals surface area contributed by atoms with Crippen LogP contribution in [-0.2, 0) is 19.5 Å². The van der Waals surface area contributed by atoms with E-state index < -0.39 is 5.97 Å². The molecule has 0 unspecified atom stereocenters. The average Bonchev–Trinajstić information content (AvgIpc) is 1.90. The Hall–Kier alpha value is -0.687. The standard InChI is InChI=1S/C7H6O2.Zn/c8-7(9)6-4-2-1-3-5-6;/h1-5H,(H,8,9);/q;+2/p+1. The topological polar surface area (TPSA) is 37.3 Å². The summed E-state index contributed by atoms with van der Waals surface area (Å²) >= 11 is 0. The van der Waals surface area contributed by atoms with Gasteiger partial charge in [-0.2, -0.15) is 0 Å². The first-order valence-electron chi connectivity index (χ1n) is 2.59. The molecule has 0 saturated heterocycles. The molecule has 3 heteroatoms. The van der Waals surface area contributed by atoms with Crippen molar-refractivity contribution in [3.05, 3.63) is 35.9 Å². The minimum absolute atomic E-state index is 0. The number of benzene rings is 1. The number of carboxylic acid groups (broad SMARTS) is 1. The Bertz CT molecular complexity index is 213. The Morgan fingerprint density at radius 3 is 2.10 bits per heavy atom. The molecular weight excluding hydrogens is 181 g/mol. The van der Waals surface area contributed by atoms with Gasteiger partial charge in [-0.25, -0.2) is 4.79 Å². The summed E-state index contributed by atoms with van der Waals surface area (Å²) in [4.78, 5) is 10.2. The van der Waals surface area contributed by atoms with Crippen molar-refractivity contribution in [1.29, 1.82) is 0 Å². The molecule has 0 fully saturated rings. The number of carbonyl (C=O) groups is 1. The van der Waals surface area contributed by atoms with Crippen molar-refractivity contribution >= 4 is 5.97 Å². The van der Waals surface area contributed by atoms with Gasteiger partial charge < -0.3 is 5.11 Å². The first-order chi connectivity index (χ1) is 4.30. The predicted molar refractivity (Wildman–Crippen MR) is 34.5 cm³/mol. The molecule has 46 valence electrons. The van der Waals surface area contributed by atoms with Gasteiger partial charge in [0.25, 0.3) is 0 Å². The van der Waals surface area contributed by atoms with Gasteiger partial charge >= 0.3 is 26.9 Å². The van der Waals surface area contributed by atoms with Crippen molar-refractivity contribution in [3.8, 4) is 0 Å². The van der Waals surface area contributed by atoms with Crippen molar-refractivity contribution < 1.29 is 30.8 Å². The Morgan fingerprint density at radius 2 is 1.80 bits per heavy atom. The summed E-state index contributed by atoms with van der Waals surface area (Å²) in [5, 5.41) is 8.38. The van der Waals surface area contributed by atoms with Gasteiger partial charge in [-0.1, -0.05) is 18.2 Å². The van der Waals surface area contributed by atoms with E-state index in [-0.39, 0.29) is 20.9 Å². The summed E-state index contributed by atoms with van der Waals surface area (Å²) in [6, 6.07) is 8.30. The van der Waals surface area contributed by atoms with Crippen molar-refractivity contribution in [2.45, 2.75) is 0 Å². The molecule has 0 heterocycles. The smallest absolute Gasteiger partial charge is 0.478 e. The third-order valence-electron chi connectivity index (χ3n) is 1.02. The fraction of sp³-hybridized carbons (Fsp3) is 0. The van der Waals surface area contributed by atoms with E-state index in [1.54, 1.807) is 30.3 Å². The molecule has 0 radical (unpaired) electrons. The quantitative estimate of drug-likeness (QED) is 0.678. The van der Waals surface area contributed by atoms with Gasteiger partial charge in [-0.3, -0.25) is 0 Å². The van der Waals surface area contributed by atoms with Crippen LogP contribution in [0.5, 0.6) is 0 Å². The molecule has 0 aromatic heterocycles. The first kappa shape index (κ1) is 9.31. The minimum Gasteiger partial charge on any atom is -0.478 e. The van der Waals surface area contributed by atoms with Crippen LogP contribution >= 0.6 is 0 Å². The normalized spacial score (nSPS) is 8.00. The van der Waals surface area contributed by atoms with Gasteiger partial charge in [0.2, 0.25) is 0 Å². The number of aromatic carboxylic acids is 1. The van der Waals surface area contributed by atoms with Crippen LogP contribution in [0.3, 0.4) is 0 Å². The third kappa shape index (κ3) is 2.28. The molecule has 0 aliphatic carbocycles. The van der Waals surface area contributed by atoms with Crippen molar-refractivity contribution in [2.24, 2.45) is 0 Å². The Kier molecular flexibility index (Phi) is 3.89. The summed E-state index contributed by atoms with van der Waals surface area (Å²) in [6.45, 7) is 0. The van der Waals surface area contributed by atoms with E-state index >= 15 is 0 Å². The second kappa shape index (κ2) is 4.18. The number of carboxylic acids is 1. The summed E-state index contributed by atoms with van der Waals surface area (Å²) in [6.07, 6.45) is 0. The van der Waals surface area contributed by atoms with Crippen LogP contribution in [0.25, 0.3) is 0 Å². The van der Waals surface area contributed by atoms with Crippen molar-refractivity contribution in [2.75, 3.05) is 0 Å². The molecule has 0 spiro atoms. The maximum absolute atomic E-state index is 10.2. The molecule has 2 nitrogen and oxygen atoms in total. The molecule has 0 amide bonds. The van der Waals surface area contributed by atoms with E-state index in [2.05, 4.69) is 0 Å². The van der Waals surface area contributed by atoms with Gasteiger partial charge in [0.05, 0.1) is 5.56 Å².